The van der Waals surface area contributed by atoms with E-state index < -0.39 is 0 Å². The molecule has 0 saturated carbocycles. The van der Waals surface area contributed by atoms with Crippen molar-refractivity contribution in [2.24, 2.45) is 0 Å². The zero-order chi connectivity index (χ0) is 22.9. The summed E-state index contributed by atoms with van der Waals surface area (Å²) in [6, 6.07) is 46.9. The van der Waals surface area contributed by atoms with Gasteiger partial charge in [-0.15, -0.1) is 0 Å². The highest BCUT2D eigenvalue weighted by Gasteiger charge is 2.18. The molecule has 0 aromatic heterocycles. The molecule has 0 heterocycles. The number of fused-ring (bicyclic) bond motifs is 2. The van der Waals surface area contributed by atoms with Crippen molar-refractivity contribution in [1.82, 2.24) is 0 Å². The van der Waals surface area contributed by atoms with Crippen LogP contribution in [0.1, 0.15) is 0 Å². The molecule has 0 radical (unpaired) electrons. The van der Waals surface area contributed by atoms with Crippen molar-refractivity contribution < 1.29 is 0 Å². The Morgan fingerprint density at radius 3 is 1.85 bits per heavy atom. The highest BCUT2D eigenvalue weighted by molar-refractivity contribution is 6.08. The van der Waals surface area contributed by atoms with Crippen molar-refractivity contribution in [2.75, 3.05) is 10.6 Å². The maximum absolute atomic E-state index is 5.95. The van der Waals surface area contributed by atoms with Gasteiger partial charge in [0.1, 0.15) is 0 Å². The van der Waals surface area contributed by atoms with Crippen molar-refractivity contribution in [2.45, 2.75) is 0 Å². The average Bonchev–Trinajstić information content (AvgIpc) is 2.90. The molecule has 0 aliphatic rings. The summed E-state index contributed by atoms with van der Waals surface area (Å²) in [7, 11) is 0. The second-order valence-corrected chi connectivity index (χ2v) is 8.47. The lowest BCUT2D eigenvalue weighted by Crippen LogP contribution is -2.11. The minimum atomic E-state index is 0.774. The highest BCUT2D eigenvalue weighted by atomic mass is 15.1. The zero-order valence-electron chi connectivity index (χ0n) is 18.7. The molecule has 2 N–H and O–H groups in total. The van der Waals surface area contributed by atoms with E-state index in [0.29, 0.717) is 0 Å². The summed E-state index contributed by atoms with van der Waals surface area (Å²) >= 11 is 0. The average molecular weight is 437 g/mol. The molecule has 162 valence electrons. The van der Waals surface area contributed by atoms with Gasteiger partial charge in [0.05, 0.1) is 11.4 Å². The lowest BCUT2D eigenvalue weighted by Gasteiger charge is -2.28. The minimum absolute atomic E-state index is 0.774. The number of hydrogen-bond acceptors (Lipinski definition) is 2. The van der Waals surface area contributed by atoms with Gasteiger partial charge in [-0.1, -0.05) is 97.1 Å². The van der Waals surface area contributed by atoms with Crippen molar-refractivity contribution in [3.8, 4) is 11.1 Å². The fourth-order valence-electron chi connectivity index (χ4n) is 4.78. The molecule has 2 heteroatoms. The van der Waals surface area contributed by atoms with Crippen LogP contribution >= 0.6 is 0 Å². The summed E-state index contributed by atoms with van der Waals surface area (Å²) in [4.78, 5) is 2.37. The van der Waals surface area contributed by atoms with Gasteiger partial charge in [-0.2, -0.15) is 0 Å². The van der Waals surface area contributed by atoms with Gasteiger partial charge in [0.15, 0.2) is 0 Å². The Labute approximate surface area is 199 Å². The van der Waals surface area contributed by atoms with E-state index in [1.54, 1.807) is 0 Å². The number of hydrogen-bond donors (Lipinski definition) is 1. The number of rotatable bonds is 4. The molecule has 0 amide bonds. The maximum Gasteiger partial charge on any atom is 0.0540 e. The largest absolute Gasteiger partial charge is 0.399 e. The van der Waals surface area contributed by atoms with Gasteiger partial charge in [-0.05, 0) is 58.3 Å². The van der Waals surface area contributed by atoms with E-state index in [0.717, 1.165) is 28.3 Å². The number of nitrogen functional groups attached to an aromatic ring is 1. The van der Waals surface area contributed by atoms with Gasteiger partial charge in [-0.3, -0.25) is 0 Å². The lowest BCUT2D eigenvalue weighted by molar-refractivity contribution is 1.31. The molecule has 0 fully saturated rings. The van der Waals surface area contributed by atoms with Crippen LogP contribution in [0.3, 0.4) is 0 Å². The molecule has 6 aromatic rings. The predicted molar refractivity (Wildman–Crippen MR) is 146 cm³/mol. The molecule has 0 spiro atoms. The van der Waals surface area contributed by atoms with Crippen LogP contribution in [0.4, 0.5) is 22.7 Å². The molecule has 0 aliphatic carbocycles. The summed E-state index contributed by atoms with van der Waals surface area (Å²) in [5.74, 6) is 0. The summed E-state index contributed by atoms with van der Waals surface area (Å²) in [6.45, 7) is 0. The predicted octanol–water partition coefficient (Wildman–Crippen LogP) is 8.71. The van der Waals surface area contributed by atoms with E-state index in [1.807, 2.05) is 12.1 Å². The normalized spacial score (nSPS) is 11.1. The second kappa shape index (κ2) is 8.42. The molecule has 0 atom stereocenters. The number of anilines is 4. The van der Waals surface area contributed by atoms with Gasteiger partial charge in [0.25, 0.3) is 0 Å². The number of benzene rings is 6. The van der Waals surface area contributed by atoms with E-state index in [9.17, 15) is 0 Å². The molecular weight excluding hydrogens is 412 g/mol. The van der Waals surface area contributed by atoms with Crippen LogP contribution in [0.25, 0.3) is 32.7 Å². The fraction of sp³-hybridized carbons (Fsp3) is 0. The SMILES string of the molecule is Nc1ccc(-c2ccc(N(c3ccccc3)c3cccc4ccccc34)c3ccccc23)cc1. The Kier molecular flexibility index (Phi) is 4.97. The van der Waals surface area contributed by atoms with E-state index in [1.165, 1.54) is 27.1 Å². The molecule has 0 unspecified atom stereocenters. The first-order valence-corrected chi connectivity index (χ1v) is 11.5. The van der Waals surface area contributed by atoms with Crippen molar-refractivity contribution in [1.29, 1.82) is 0 Å². The maximum atomic E-state index is 5.95. The number of nitrogens with zero attached hydrogens (tertiary/aromatic N) is 1. The summed E-state index contributed by atoms with van der Waals surface area (Å²) in [5.41, 5.74) is 12.5. The molecule has 6 aromatic carbocycles. The van der Waals surface area contributed by atoms with Crippen LogP contribution in [0.2, 0.25) is 0 Å². The standard InChI is InChI=1S/C32H24N2/c33-25-19-17-24(18-20-25)27-21-22-32(30-15-7-6-14-29(27)30)34(26-11-2-1-3-12-26)31-16-8-10-23-9-4-5-13-28(23)31/h1-22H,33H2. The molecule has 6 rings (SSSR count). The molecule has 0 saturated heterocycles. The van der Waals surface area contributed by atoms with E-state index in [4.69, 9.17) is 5.73 Å². The molecule has 0 bridgehead atoms. The topological polar surface area (TPSA) is 29.3 Å². The van der Waals surface area contributed by atoms with E-state index in [2.05, 4.69) is 126 Å². The van der Waals surface area contributed by atoms with Crippen molar-refractivity contribution in [3.63, 3.8) is 0 Å². The monoisotopic (exact) mass is 436 g/mol. The highest BCUT2D eigenvalue weighted by Crippen LogP contribution is 2.43. The summed E-state index contributed by atoms with van der Waals surface area (Å²) < 4.78 is 0. The third-order valence-corrected chi connectivity index (χ3v) is 6.39. The van der Waals surface area contributed by atoms with Gasteiger partial charge < -0.3 is 10.6 Å². The van der Waals surface area contributed by atoms with Crippen molar-refractivity contribution in [3.05, 3.63) is 133 Å². The van der Waals surface area contributed by atoms with Crippen LogP contribution in [0.5, 0.6) is 0 Å². The Morgan fingerprint density at radius 1 is 0.441 bits per heavy atom. The number of nitrogens with two attached hydrogens (primary N) is 1. The van der Waals surface area contributed by atoms with Crippen LogP contribution in [-0.4, -0.2) is 0 Å². The van der Waals surface area contributed by atoms with Crippen molar-refractivity contribution >= 4 is 44.3 Å². The van der Waals surface area contributed by atoms with Gasteiger partial charge in [0.2, 0.25) is 0 Å². The third kappa shape index (κ3) is 3.46. The van der Waals surface area contributed by atoms with Crippen LogP contribution in [0.15, 0.2) is 133 Å². The molecular formula is C32H24N2. The van der Waals surface area contributed by atoms with Crippen LogP contribution in [-0.2, 0) is 0 Å². The van der Waals surface area contributed by atoms with Gasteiger partial charge >= 0.3 is 0 Å². The lowest BCUT2D eigenvalue weighted by atomic mass is 9.96. The molecule has 2 nitrogen and oxygen atoms in total. The zero-order valence-corrected chi connectivity index (χ0v) is 18.7. The van der Waals surface area contributed by atoms with Gasteiger partial charge in [0, 0.05) is 22.1 Å². The molecule has 0 aliphatic heterocycles. The second-order valence-electron chi connectivity index (χ2n) is 8.47. The summed E-state index contributed by atoms with van der Waals surface area (Å²) in [5, 5.41) is 4.86. The van der Waals surface area contributed by atoms with E-state index >= 15 is 0 Å². The quantitative estimate of drug-likeness (QED) is 0.280. The Balaban J connectivity index is 1.64. The Morgan fingerprint density at radius 2 is 1.06 bits per heavy atom. The fourth-order valence-corrected chi connectivity index (χ4v) is 4.78. The van der Waals surface area contributed by atoms with Crippen LogP contribution in [0, 0.1) is 0 Å². The van der Waals surface area contributed by atoms with E-state index in [-0.39, 0.29) is 0 Å². The van der Waals surface area contributed by atoms with Gasteiger partial charge in [-0.25, -0.2) is 0 Å². The molecule has 34 heavy (non-hydrogen) atoms. The smallest absolute Gasteiger partial charge is 0.0540 e. The Hall–Kier alpha value is -4.56. The first-order valence-electron chi connectivity index (χ1n) is 11.5. The summed E-state index contributed by atoms with van der Waals surface area (Å²) in [6.07, 6.45) is 0. The minimum Gasteiger partial charge on any atom is -0.399 e. The first-order chi connectivity index (χ1) is 16.8. The first kappa shape index (κ1) is 20.1. The third-order valence-electron chi connectivity index (χ3n) is 6.39. The van der Waals surface area contributed by atoms with Crippen LogP contribution < -0.4 is 10.6 Å². The number of para-hydroxylation sites is 1. The Bertz CT molecular complexity index is 1600.